The van der Waals surface area contributed by atoms with Crippen LogP contribution < -0.4 is 5.32 Å². The van der Waals surface area contributed by atoms with E-state index in [0.717, 1.165) is 0 Å². The van der Waals surface area contributed by atoms with E-state index in [-0.39, 0.29) is 19.3 Å². The van der Waals surface area contributed by atoms with Crippen molar-refractivity contribution in [3.63, 3.8) is 0 Å². The molecule has 0 aliphatic heterocycles. The summed E-state index contributed by atoms with van der Waals surface area (Å²) >= 11 is 0. The predicted molar refractivity (Wildman–Crippen MR) is 72.5 cm³/mol. The van der Waals surface area contributed by atoms with Crippen molar-refractivity contribution in [2.75, 3.05) is 0 Å². The zero-order chi connectivity index (χ0) is 16.0. The summed E-state index contributed by atoms with van der Waals surface area (Å²) in [5.74, 6) is -2.65. The number of carbonyl (C=O) groups excluding carboxylic acids is 1. The third-order valence-electron chi connectivity index (χ3n) is 3.16. The van der Waals surface area contributed by atoms with Crippen LogP contribution in [0.15, 0.2) is 12.5 Å². The van der Waals surface area contributed by atoms with Gasteiger partial charge in [0, 0.05) is 30.1 Å². The minimum absolute atomic E-state index is 0.0794. The quantitative estimate of drug-likeness (QED) is 0.549. The molecule has 1 aromatic heterocycles. The fourth-order valence-corrected chi connectivity index (χ4v) is 1.70. The van der Waals surface area contributed by atoms with Gasteiger partial charge in [-0.3, -0.25) is 9.59 Å². The largest absolute Gasteiger partial charge is 0.481 e. The fourth-order valence-electron chi connectivity index (χ4n) is 1.70. The van der Waals surface area contributed by atoms with Crippen LogP contribution in [0.4, 0.5) is 0 Å². The number of hydrogen-bond acceptors (Lipinski definition) is 4. The van der Waals surface area contributed by atoms with Gasteiger partial charge in [0.2, 0.25) is 5.91 Å². The first-order valence-electron chi connectivity index (χ1n) is 6.45. The van der Waals surface area contributed by atoms with E-state index in [0.29, 0.717) is 5.69 Å². The molecule has 1 rings (SSSR count). The van der Waals surface area contributed by atoms with E-state index in [2.05, 4.69) is 15.3 Å². The number of carboxylic acid groups (broad SMARTS) is 2. The smallest absolute Gasteiger partial charge is 0.326 e. The highest BCUT2D eigenvalue weighted by atomic mass is 16.4. The van der Waals surface area contributed by atoms with Crippen molar-refractivity contribution in [3.05, 3.63) is 18.2 Å². The van der Waals surface area contributed by atoms with Crippen LogP contribution in [0.3, 0.4) is 0 Å². The van der Waals surface area contributed by atoms with E-state index < -0.39 is 29.3 Å². The zero-order valence-corrected chi connectivity index (χ0v) is 11.9. The molecule has 0 saturated heterocycles. The van der Waals surface area contributed by atoms with Crippen LogP contribution in [-0.4, -0.2) is 44.1 Å². The van der Waals surface area contributed by atoms with Gasteiger partial charge in [0.1, 0.15) is 6.04 Å². The number of rotatable bonds is 8. The average molecular weight is 297 g/mol. The molecule has 8 nitrogen and oxygen atoms in total. The van der Waals surface area contributed by atoms with Crippen LogP contribution in [0.1, 0.15) is 32.4 Å². The third kappa shape index (κ3) is 5.25. The molecule has 1 amide bonds. The first-order chi connectivity index (χ1) is 9.72. The van der Waals surface area contributed by atoms with Gasteiger partial charge in [0.15, 0.2) is 0 Å². The summed E-state index contributed by atoms with van der Waals surface area (Å²) in [6.45, 7) is 3.17. The fraction of sp³-hybridized carbons (Fsp3) is 0.538. The maximum Gasteiger partial charge on any atom is 0.326 e. The number of nitrogens with zero attached hydrogens (tertiary/aromatic N) is 1. The van der Waals surface area contributed by atoms with Crippen LogP contribution in [0.25, 0.3) is 0 Å². The number of H-pyrrole nitrogens is 1. The summed E-state index contributed by atoms with van der Waals surface area (Å²) in [7, 11) is 0. The number of hydrogen-bond donors (Lipinski definition) is 4. The van der Waals surface area contributed by atoms with Crippen molar-refractivity contribution in [1.29, 1.82) is 0 Å². The van der Waals surface area contributed by atoms with Crippen LogP contribution in [0, 0.1) is 5.41 Å². The molecule has 0 radical (unpaired) electrons. The Kier molecular flexibility index (Phi) is 5.45. The van der Waals surface area contributed by atoms with Crippen molar-refractivity contribution < 1.29 is 24.6 Å². The van der Waals surface area contributed by atoms with Gasteiger partial charge < -0.3 is 20.5 Å². The lowest BCUT2D eigenvalue weighted by Gasteiger charge is -2.25. The molecular formula is C13H19N3O5. The highest BCUT2D eigenvalue weighted by Gasteiger charge is 2.31. The van der Waals surface area contributed by atoms with Crippen molar-refractivity contribution in [1.82, 2.24) is 15.3 Å². The normalized spacial score (nSPS) is 12.7. The predicted octanol–water partition coefficient (Wildman–Crippen LogP) is 0.413. The van der Waals surface area contributed by atoms with Gasteiger partial charge in [-0.25, -0.2) is 9.78 Å². The second-order valence-corrected chi connectivity index (χ2v) is 5.42. The topological polar surface area (TPSA) is 132 Å². The molecule has 0 fully saturated rings. The number of carboxylic acids is 2. The molecule has 1 aromatic rings. The second kappa shape index (κ2) is 6.87. The molecule has 0 aliphatic rings. The zero-order valence-electron chi connectivity index (χ0n) is 11.9. The number of aromatic nitrogens is 2. The van der Waals surface area contributed by atoms with Gasteiger partial charge in [-0.05, 0) is 6.42 Å². The summed E-state index contributed by atoms with van der Waals surface area (Å²) in [5, 5.41) is 20.3. The highest BCUT2D eigenvalue weighted by molar-refractivity contribution is 5.87. The average Bonchev–Trinajstić information content (AvgIpc) is 2.88. The Bertz CT molecular complexity index is 510. The lowest BCUT2D eigenvalue weighted by Crippen LogP contribution is -2.47. The maximum atomic E-state index is 12.1. The number of carbonyl (C=O) groups is 3. The molecule has 1 unspecified atom stereocenters. The molecule has 1 atom stereocenters. The number of nitrogens with one attached hydrogen (secondary N) is 2. The summed E-state index contributed by atoms with van der Waals surface area (Å²) in [6.07, 6.45) is 2.96. The molecule has 0 bridgehead atoms. The molecule has 1 heterocycles. The van der Waals surface area contributed by atoms with Crippen molar-refractivity contribution in [3.8, 4) is 0 Å². The summed E-state index contributed by atoms with van der Waals surface area (Å²) in [4.78, 5) is 40.5. The van der Waals surface area contributed by atoms with Gasteiger partial charge in [0.25, 0.3) is 0 Å². The van der Waals surface area contributed by atoms with Crippen LogP contribution in [0.2, 0.25) is 0 Å². The second-order valence-electron chi connectivity index (χ2n) is 5.42. The molecule has 116 valence electrons. The Morgan fingerprint density at radius 3 is 2.52 bits per heavy atom. The Hall–Kier alpha value is -2.38. The van der Waals surface area contributed by atoms with Gasteiger partial charge in [-0.15, -0.1) is 0 Å². The molecule has 0 saturated carbocycles. The number of aromatic amines is 1. The molecule has 0 aromatic carbocycles. The van der Waals surface area contributed by atoms with Gasteiger partial charge in [-0.2, -0.15) is 0 Å². The number of amides is 1. The molecule has 4 N–H and O–H groups in total. The van der Waals surface area contributed by atoms with Crippen molar-refractivity contribution >= 4 is 17.8 Å². The SMILES string of the molecule is CC(C)(CCC(=O)O)C(=O)NC(Cc1cnc[nH]1)C(=O)O. The molecule has 21 heavy (non-hydrogen) atoms. The summed E-state index contributed by atoms with van der Waals surface area (Å²) < 4.78 is 0. The van der Waals surface area contributed by atoms with Crippen LogP contribution in [0.5, 0.6) is 0 Å². The lowest BCUT2D eigenvalue weighted by atomic mass is 9.86. The van der Waals surface area contributed by atoms with Gasteiger partial charge in [-0.1, -0.05) is 13.8 Å². The van der Waals surface area contributed by atoms with Crippen molar-refractivity contribution in [2.24, 2.45) is 5.41 Å². The standard InChI is InChI=1S/C13H19N3O5/c1-13(2,4-3-10(17)18)12(21)16-9(11(19)20)5-8-6-14-7-15-8/h6-7,9H,3-5H2,1-2H3,(H,14,15)(H,16,21)(H,17,18)(H,19,20). The van der Waals surface area contributed by atoms with E-state index >= 15 is 0 Å². The van der Waals surface area contributed by atoms with Crippen LogP contribution in [-0.2, 0) is 20.8 Å². The van der Waals surface area contributed by atoms with Gasteiger partial charge >= 0.3 is 11.9 Å². The molecule has 0 spiro atoms. The third-order valence-corrected chi connectivity index (χ3v) is 3.16. The number of aliphatic carboxylic acids is 2. The maximum absolute atomic E-state index is 12.1. The van der Waals surface area contributed by atoms with E-state index in [4.69, 9.17) is 10.2 Å². The van der Waals surface area contributed by atoms with E-state index in [9.17, 15) is 14.4 Å². The summed E-state index contributed by atoms with van der Waals surface area (Å²) in [5.41, 5.74) is -0.369. The first kappa shape index (κ1) is 16.7. The first-order valence-corrected chi connectivity index (χ1v) is 6.45. The minimum Gasteiger partial charge on any atom is -0.481 e. The molecule has 8 heteroatoms. The Balaban J connectivity index is 2.67. The summed E-state index contributed by atoms with van der Waals surface area (Å²) in [6, 6.07) is -1.10. The highest BCUT2D eigenvalue weighted by Crippen LogP contribution is 2.22. The Morgan fingerprint density at radius 1 is 1.38 bits per heavy atom. The van der Waals surface area contributed by atoms with Crippen LogP contribution >= 0.6 is 0 Å². The van der Waals surface area contributed by atoms with E-state index in [1.54, 1.807) is 13.8 Å². The molecule has 0 aliphatic carbocycles. The van der Waals surface area contributed by atoms with E-state index in [1.165, 1.54) is 12.5 Å². The van der Waals surface area contributed by atoms with Gasteiger partial charge in [0.05, 0.1) is 6.33 Å². The van der Waals surface area contributed by atoms with E-state index in [1.807, 2.05) is 0 Å². The Labute approximate surface area is 121 Å². The monoisotopic (exact) mass is 297 g/mol. The van der Waals surface area contributed by atoms with Crippen molar-refractivity contribution in [2.45, 2.75) is 39.2 Å². The minimum atomic E-state index is -1.16. The molecular weight excluding hydrogens is 278 g/mol. The lowest BCUT2D eigenvalue weighted by molar-refractivity contribution is -0.144. The Morgan fingerprint density at radius 2 is 2.05 bits per heavy atom. The number of imidazole rings is 1.